The molecule has 0 aliphatic heterocycles. The molecule has 0 saturated heterocycles. The first-order valence-electron chi connectivity index (χ1n) is 8.79. The molecule has 4 nitrogen and oxygen atoms in total. The summed E-state index contributed by atoms with van der Waals surface area (Å²) in [6.45, 7) is 3.10. The van der Waals surface area contributed by atoms with Gasteiger partial charge in [-0.2, -0.15) is 0 Å². The topological polar surface area (TPSA) is 30.9 Å². The summed E-state index contributed by atoms with van der Waals surface area (Å²) < 4.78 is 15.9. The summed E-state index contributed by atoms with van der Waals surface area (Å²) in [6.07, 6.45) is 4.12. The van der Waals surface area contributed by atoms with Crippen LogP contribution in [0.15, 0.2) is 54.2 Å². The van der Waals surface area contributed by atoms with Gasteiger partial charge in [-0.25, -0.2) is 0 Å². The SMILES string of the molecule is COc1ccc(C/C=C(/C)N(C)CCc2ccc(OC)c(OC)c2)cc1. The third-order valence-electron chi connectivity index (χ3n) is 4.58. The summed E-state index contributed by atoms with van der Waals surface area (Å²) in [5.41, 5.74) is 3.78. The Balaban J connectivity index is 1.90. The highest BCUT2D eigenvalue weighted by molar-refractivity contribution is 5.43. The lowest BCUT2D eigenvalue weighted by Crippen LogP contribution is -2.19. The fraction of sp³-hybridized carbons (Fsp3) is 0.364. The van der Waals surface area contributed by atoms with Gasteiger partial charge in [-0.15, -0.1) is 0 Å². The van der Waals surface area contributed by atoms with E-state index < -0.39 is 0 Å². The second-order valence-electron chi connectivity index (χ2n) is 6.26. The van der Waals surface area contributed by atoms with Gasteiger partial charge in [0.15, 0.2) is 11.5 Å². The number of ether oxygens (including phenoxy) is 3. The van der Waals surface area contributed by atoms with E-state index in [0.717, 1.165) is 36.6 Å². The fourth-order valence-electron chi connectivity index (χ4n) is 2.69. The monoisotopic (exact) mass is 355 g/mol. The maximum absolute atomic E-state index is 5.38. The van der Waals surface area contributed by atoms with Crippen LogP contribution in [0.5, 0.6) is 17.2 Å². The molecule has 0 unspecified atom stereocenters. The zero-order chi connectivity index (χ0) is 18.9. The lowest BCUT2D eigenvalue weighted by Gasteiger charge is -2.20. The van der Waals surface area contributed by atoms with Crippen molar-refractivity contribution in [2.24, 2.45) is 0 Å². The van der Waals surface area contributed by atoms with E-state index >= 15 is 0 Å². The number of benzene rings is 2. The molecular formula is C22H29NO3. The number of hydrogen-bond acceptors (Lipinski definition) is 4. The first kappa shape index (κ1) is 19.7. The molecule has 26 heavy (non-hydrogen) atoms. The normalized spacial score (nSPS) is 11.2. The highest BCUT2D eigenvalue weighted by atomic mass is 16.5. The molecule has 2 rings (SSSR count). The molecular weight excluding hydrogens is 326 g/mol. The van der Waals surface area contributed by atoms with E-state index in [0.29, 0.717) is 0 Å². The Labute approximate surface area is 157 Å². The first-order chi connectivity index (χ1) is 12.6. The summed E-state index contributed by atoms with van der Waals surface area (Å²) in [4.78, 5) is 2.28. The second kappa shape index (κ2) is 9.76. The van der Waals surface area contributed by atoms with Gasteiger partial charge in [0.1, 0.15) is 5.75 Å². The third-order valence-corrected chi connectivity index (χ3v) is 4.58. The molecule has 0 radical (unpaired) electrons. The van der Waals surface area contributed by atoms with Gasteiger partial charge in [-0.1, -0.05) is 24.3 Å². The molecule has 0 spiro atoms. The Morgan fingerprint density at radius 3 is 2.15 bits per heavy atom. The highest BCUT2D eigenvalue weighted by Gasteiger charge is 2.06. The number of rotatable bonds is 9. The Hall–Kier alpha value is -2.62. The van der Waals surface area contributed by atoms with Gasteiger partial charge in [-0.3, -0.25) is 0 Å². The number of hydrogen-bond donors (Lipinski definition) is 0. The van der Waals surface area contributed by atoms with Crippen molar-refractivity contribution in [2.75, 3.05) is 34.9 Å². The third kappa shape index (κ3) is 5.45. The molecule has 0 heterocycles. The molecule has 0 amide bonds. The minimum Gasteiger partial charge on any atom is -0.497 e. The highest BCUT2D eigenvalue weighted by Crippen LogP contribution is 2.27. The van der Waals surface area contributed by atoms with Crippen LogP contribution in [-0.2, 0) is 12.8 Å². The summed E-state index contributed by atoms with van der Waals surface area (Å²) in [7, 11) is 7.13. The van der Waals surface area contributed by atoms with E-state index in [1.807, 2.05) is 24.3 Å². The van der Waals surface area contributed by atoms with E-state index in [-0.39, 0.29) is 0 Å². The van der Waals surface area contributed by atoms with Gasteiger partial charge < -0.3 is 19.1 Å². The van der Waals surface area contributed by atoms with Gasteiger partial charge in [0.2, 0.25) is 0 Å². The van der Waals surface area contributed by atoms with Gasteiger partial charge in [0.25, 0.3) is 0 Å². The molecule has 0 atom stereocenters. The number of nitrogens with zero attached hydrogens (tertiary/aromatic N) is 1. The van der Waals surface area contributed by atoms with E-state index in [4.69, 9.17) is 14.2 Å². The summed E-state index contributed by atoms with van der Waals surface area (Å²) in [6, 6.07) is 14.3. The van der Waals surface area contributed by atoms with Crippen LogP contribution in [0.2, 0.25) is 0 Å². The van der Waals surface area contributed by atoms with E-state index in [2.05, 4.69) is 43.1 Å². The lowest BCUT2D eigenvalue weighted by molar-refractivity contribution is 0.354. The van der Waals surface area contributed by atoms with Crippen molar-refractivity contribution in [1.29, 1.82) is 0 Å². The maximum Gasteiger partial charge on any atom is 0.160 e. The largest absolute Gasteiger partial charge is 0.497 e. The van der Waals surface area contributed by atoms with Crippen LogP contribution >= 0.6 is 0 Å². The molecule has 0 saturated carbocycles. The van der Waals surface area contributed by atoms with Crippen LogP contribution in [0.25, 0.3) is 0 Å². The van der Waals surface area contributed by atoms with Gasteiger partial charge in [-0.05, 0) is 55.2 Å². The minimum absolute atomic E-state index is 0.764. The summed E-state index contributed by atoms with van der Waals surface area (Å²) in [5.74, 6) is 2.43. The molecule has 2 aromatic rings. The predicted octanol–water partition coefficient (Wildman–Crippen LogP) is 4.33. The smallest absolute Gasteiger partial charge is 0.160 e. The van der Waals surface area contributed by atoms with Crippen molar-refractivity contribution in [3.63, 3.8) is 0 Å². The molecule has 0 aliphatic carbocycles. The van der Waals surface area contributed by atoms with E-state index in [1.165, 1.54) is 16.8 Å². The zero-order valence-corrected chi connectivity index (χ0v) is 16.4. The van der Waals surface area contributed by atoms with Crippen LogP contribution in [0, 0.1) is 0 Å². The quantitative estimate of drug-likeness (QED) is 0.670. The fourth-order valence-corrected chi connectivity index (χ4v) is 2.69. The molecule has 0 aromatic heterocycles. The maximum atomic E-state index is 5.38. The van der Waals surface area contributed by atoms with Crippen molar-refractivity contribution in [2.45, 2.75) is 19.8 Å². The van der Waals surface area contributed by atoms with Crippen LogP contribution < -0.4 is 14.2 Å². The summed E-state index contributed by atoms with van der Waals surface area (Å²) in [5, 5.41) is 0. The average molecular weight is 355 g/mol. The Morgan fingerprint density at radius 1 is 0.885 bits per heavy atom. The van der Waals surface area contributed by atoms with Crippen LogP contribution in [0.4, 0.5) is 0 Å². The molecule has 140 valence electrons. The lowest BCUT2D eigenvalue weighted by atomic mass is 10.1. The zero-order valence-electron chi connectivity index (χ0n) is 16.4. The van der Waals surface area contributed by atoms with Crippen LogP contribution in [-0.4, -0.2) is 39.8 Å². The van der Waals surface area contributed by atoms with Crippen molar-refractivity contribution in [1.82, 2.24) is 4.90 Å². The van der Waals surface area contributed by atoms with Crippen LogP contribution in [0.1, 0.15) is 18.1 Å². The number of methoxy groups -OCH3 is 3. The van der Waals surface area contributed by atoms with Gasteiger partial charge in [0.05, 0.1) is 21.3 Å². The van der Waals surface area contributed by atoms with Crippen molar-refractivity contribution in [3.05, 3.63) is 65.4 Å². The van der Waals surface area contributed by atoms with Gasteiger partial charge >= 0.3 is 0 Å². The molecule has 0 N–H and O–H groups in total. The Morgan fingerprint density at radius 2 is 1.54 bits per heavy atom. The Kier molecular flexibility index (Phi) is 7.39. The number of allylic oxidation sites excluding steroid dienone is 2. The van der Waals surface area contributed by atoms with Gasteiger partial charge in [0, 0.05) is 19.3 Å². The average Bonchev–Trinajstić information content (AvgIpc) is 2.70. The molecule has 4 heteroatoms. The van der Waals surface area contributed by atoms with Crippen molar-refractivity contribution in [3.8, 4) is 17.2 Å². The van der Waals surface area contributed by atoms with Crippen molar-refractivity contribution >= 4 is 0 Å². The van der Waals surface area contributed by atoms with E-state index in [9.17, 15) is 0 Å². The molecule has 0 bridgehead atoms. The van der Waals surface area contributed by atoms with Crippen LogP contribution in [0.3, 0.4) is 0 Å². The molecule has 0 aliphatic rings. The predicted molar refractivity (Wildman–Crippen MR) is 106 cm³/mol. The first-order valence-corrected chi connectivity index (χ1v) is 8.79. The number of likely N-dealkylation sites (N-methyl/N-ethyl adjacent to an activating group) is 1. The summed E-state index contributed by atoms with van der Waals surface area (Å²) >= 11 is 0. The second-order valence-corrected chi connectivity index (χ2v) is 6.26. The Bertz CT molecular complexity index is 723. The molecule has 0 fully saturated rings. The van der Waals surface area contributed by atoms with Crippen molar-refractivity contribution < 1.29 is 14.2 Å². The standard InChI is InChI=1S/C22H29NO3/c1-17(6-7-18-8-11-20(24-3)12-9-18)23(2)15-14-19-10-13-21(25-4)22(16-19)26-5/h6,8-13,16H,7,14-15H2,1-5H3/b17-6-. The van der Waals surface area contributed by atoms with E-state index in [1.54, 1.807) is 21.3 Å². The molecule has 2 aromatic carbocycles. The minimum atomic E-state index is 0.764.